The number of amides is 1. The number of hydrogen-bond donors (Lipinski definition) is 2. The maximum absolute atomic E-state index is 12.0. The molecule has 0 bridgehead atoms. The van der Waals surface area contributed by atoms with Gasteiger partial charge in [-0.05, 0) is 11.4 Å². The molecule has 0 aliphatic rings. The van der Waals surface area contributed by atoms with Crippen LogP contribution in [0.1, 0.15) is 15.4 Å². The largest absolute Gasteiger partial charge is 0.364 e. The van der Waals surface area contributed by atoms with E-state index in [2.05, 4.69) is 41.7 Å². The Labute approximate surface area is 158 Å². The first-order valence-corrected chi connectivity index (χ1v) is 9.16. The number of thiophene rings is 1. The average Bonchev–Trinajstić information content (AvgIpc) is 3.37. The van der Waals surface area contributed by atoms with Crippen molar-refractivity contribution >= 4 is 34.1 Å². The first-order valence-electron chi connectivity index (χ1n) is 8.28. The van der Waals surface area contributed by atoms with Gasteiger partial charge < -0.3 is 10.6 Å². The standard InChI is InChI=1S/C17H16N8OS/c26-17(14-10-18-3-4-19-14)20-5-6-25-16-13(9-24-25)15(22-11-23-16)21-8-12-2-1-7-27-12/h1-4,7,9-11H,5-6,8H2,(H,20,26)(H,21,22,23). The molecule has 0 atom stereocenters. The van der Waals surface area contributed by atoms with E-state index in [0.717, 1.165) is 11.2 Å². The zero-order valence-corrected chi connectivity index (χ0v) is 15.1. The molecule has 4 rings (SSSR count). The van der Waals surface area contributed by atoms with E-state index in [1.54, 1.807) is 22.2 Å². The quantitative estimate of drug-likeness (QED) is 0.502. The number of rotatable bonds is 7. The zero-order valence-electron chi connectivity index (χ0n) is 14.2. The van der Waals surface area contributed by atoms with E-state index in [1.165, 1.54) is 29.8 Å². The molecular formula is C17H16N8OS. The van der Waals surface area contributed by atoms with Crippen LogP contribution in [0.5, 0.6) is 0 Å². The Morgan fingerprint density at radius 1 is 1.19 bits per heavy atom. The second-order valence-electron chi connectivity index (χ2n) is 5.61. The van der Waals surface area contributed by atoms with Gasteiger partial charge in [0.1, 0.15) is 17.8 Å². The Kier molecular flexibility index (Phi) is 4.97. The lowest BCUT2D eigenvalue weighted by molar-refractivity contribution is 0.0946. The molecule has 27 heavy (non-hydrogen) atoms. The molecule has 0 radical (unpaired) electrons. The molecule has 1 amide bonds. The van der Waals surface area contributed by atoms with Crippen molar-refractivity contribution in [1.29, 1.82) is 0 Å². The molecule has 9 nitrogen and oxygen atoms in total. The van der Waals surface area contributed by atoms with Gasteiger partial charge in [0.25, 0.3) is 5.91 Å². The number of anilines is 1. The smallest absolute Gasteiger partial charge is 0.271 e. The second-order valence-corrected chi connectivity index (χ2v) is 6.64. The van der Waals surface area contributed by atoms with Crippen LogP contribution in [0.2, 0.25) is 0 Å². The van der Waals surface area contributed by atoms with E-state index in [9.17, 15) is 4.79 Å². The molecule has 0 unspecified atom stereocenters. The van der Waals surface area contributed by atoms with Gasteiger partial charge in [0, 0.05) is 23.8 Å². The zero-order chi connectivity index (χ0) is 18.5. The van der Waals surface area contributed by atoms with Crippen LogP contribution in [0.15, 0.2) is 48.6 Å². The van der Waals surface area contributed by atoms with Gasteiger partial charge in [-0.1, -0.05) is 6.07 Å². The predicted molar refractivity (Wildman–Crippen MR) is 101 cm³/mol. The van der Waals surface area contributed by atoms with Crippen LogP contribution in [0, 0.1) is 0 Å². The van der Waals surface area contributed by atoms with Gasteiger partial charge in [-0.25, -0.2) is 19.6 Å². The Morgan fingerprint density at radius 2 is 2.15 bits per heavy atom. The summed E-state index contributed by atoms with van der Waals surface area (Å²) in [6, 6.07) is 4.09. The Morgan fingerprint density at radius 3 is 2.96 bits per heavy atom. The van der Waals surface area contributed by atoms with E-state index in [4.69, 9.17) is 0 Å². The molecule has 0 aliphatic carbocycles. The van der Waals surface area contributed by atoms with Crippen molar-refractivity contribution in [3.8, 4) is 0 Å². The summed E-state index contributed by atoms with van der Waals surface area (Å²) in [5.74, 6) is 0.468. The summed E-state index contributed by atoms with van der Waals surface area (Å²) in [6.45, 7) is 1.58. The first-order chi connectivity index (χ1) is 13.3. The molecule has 2 N–H and O–H groups in total. The molecule has 0 aromatic carbocycles. The van der Waals surface area contributed by atoms with E-state index in [-0.39, 0.29) is 11.6 Å². The minimum absolute atomic E-state index is 0.271. The number of aromatic nitrogens is 6. The fourth-order valence-electron chi connectivity index (χ4n) is 2.56. The van der Waals surface area contributed by atoms with Crippen LogP contribution in [-0.2, 0) is 13.1 Å². The molecule has 4 aromatic heterocycles. The molecule has 0 spiro atoms. The first kappa shape index (κ1) is 17.0. The lowest BCUT2D eigenvalue weighted by Crippen LogP contribution is -2.28. The van der Waals surface area contributed by atoms with Crippen molar-refractivity contribution in [3.05, 3.63) is 59.2 Å². The molecule has 4 aromatic rings. The summed E-state index contributed by atoms with van der Waals surface area (Å²) in [7, 11) is 0. The summed E-state index contributed by atoms with van der Waals surface area (Å²) in [4.78, 5) is 29.7. The van der Waals surface area contributed by atoms with Gasteiger partial charge in [-0.2, -0.15) is 5.10 Å². The summed E-state index contributed by atoms with van der Waals surface area (Å²) >= 11 is 1.69. The van der Waals surface area contributed by atoms with Gasteiger partial charge in [-0.3, -0.25) is 9.78 Å². The highest BCUT2D eigenvalue weighted by molar-refractivity contribution is 7.09. The van der Waals surface area contributed by atoms with Crippen molar-refractivity contribution in [1.82, 2.24) is 35.0 Å². The normalized spacial score (nSPS) is 10.8. The maximum atomic E-state index is 12.0. The Bertz CT molecular complexity index is 1030. The second kappa shape index (κ2) is 7.87. The molecule has 0 saturated carbocycles. The van der Waals surface area contributed by atoms with Gasteiger partial charge in [0.15, 0.2) is 5.65 Å². The van der Waals surface area contributed by atoms with Gasteiger partial charge >= 0.3 is 0 Å². The summed E-state index contributed by atoms with van der Waals surface area (Å²) in [5.41, 5.74) is 0.998. The van der Waals surface area contributed by atoms with Crippen LogP contribution >= 0.6 is 11.3 Å². The van der Waals surface area contributed by atoms with Crippen LogP contribution in [-0.4, -0.2) is 42.2 Å². The minimum Gasteiger partial charge on any atom is -0.364 e. The van der Waals surface area contributed by atoms with Crippen LogP contribution in [0.3, 0.4) is 0 Å². The number of nitrogens with zero attached hydrogens (tertiary/aromatic N) is 6. The third-order valence-electron chi connectivity index (χ3n) is 3.85. The summed E-state index contributed by atoms with van der Waals surface area (Å²) < 4.78 is 1.74. The molecule has 136 valence electrons. The van der Waals surface area contributed by atoms with Crippen molar-refractivity contribution in [2.75, 3.05) is 11.9 Å². The highest BCUT2D eigenvalue weighted by Gasteiger charge is 2.11. The molecular weight excluding hydrogens is 364 g/mol. The third kappa shape index (κ3) is 3.90. The van der Waals surface area contributed by atoms with E-state index < -0.39 is 0 Å². The van der Waals surface area contributed by atoms with Gasteiger partial charge in [-0.15, -0.1) is 11.3 Å². The average molecular weight is 380 g/mol. The number of carbonyl (C=O) groups excluding carboxylic acids is 1. The van der Waals surface area contributed by atoms with Crippen molar-refractivity contribution in [2.24, 2.45) is 0 Å². The molecule has 0 saturated heterocycles. The fraction of sp³-hybridized carbons (Fsp3) is 0.176. The number of hydrogen-bond acceptors (Lipinski definition) is 8. The van der Waals surface area contributed by atoms with Crippen LogP contribution in [0.4, 0.5) is 5.82 Å². The molecule has 0 aliphatic heterocycles. The van der Waals surface area contributed by atoms with E-state index in [1.807, 2.05) is 11.4 Å². The lowest BCUT2D eigenvalue weighted by atomic mass is 10.3. The predicted octanol–water partition coefficient (Wildman–Crippen LogP) is 1.72. The van der Waals surface area contributed by atoms with Crippen molar-refractivity contribution in [2.45, 2.75) is 13.1 Å². The Balaban J connectivity index is 1.41. The maximum Gasteiger partial charge on any atom is 0.271 e. The van der Waals surface area contributed by atoms with E-state index >= 15 is 0 Å². The fourth-order valence-corrected chi connectivity index (χ4v) is 3.21. The number of fused-ring (bicyclic) bond motifs is 1. The number of carbonyl (C=O) groups is 1. The van der Waals surface area contributed by atoms with Crippen LogP contribution in [0.25, 0.3) is 11.0 Å². The lowest BCUT2D eigenvalue weighted by Gasteiger charge is -2.07. The highest BCUT2D eigenvalue weighted by Crippen LogP contribution is 2.20. The van der Waals surface area contributed by atoms with Gasteiger partial charge in [0.2, 0.25) is 0 Å². The van der Waals surface area contributed by atoms with E-state index in [0.29, 0.717) is 25.3 Å². The minimum atomic E-state index is -0.271. The summed E-state index contributed by atoms with van der Waals surface area (Å²) in [5, 5.41) is 13.4. The highest BCUT2D eigenvalue weighted by atomic mass is 32.1. The Hall–Kier alpha value is -3.40. The van der Waals surface area contributed by atoms with Crippen molar-refractivity contribution < 1.29 is 4.79 Å². The van der Waals surface area contributed by atoms with Crippen LogP contribution < -0.4 is 10.6 Å². The topological polar surface area (TPSA) is 111 Å². The van der Waals surface area contributed by atoms with Crippen molar-refractivity contribution in [3.63, 3.8) is 0 Å². The SMILES string of the molecule is O=C(NCCn1ncc2c(NCc3cccs3)ncnc21)c1cnccn1. The molecule has 0 fully saturated rings. The molecule has 10 heteroatoms. The summed E-state index contributed by atoms with van der Waals surface area (Å²) in [6.07, 6.45) is 7.68. The third-order valence-corrected chi connectivity index (χ3v) is 4.73. The van der Waals surface area contributed by atoms with Gasteiger partial charge in [0.05, 0.1) is 30.9 Å². The monoisotopic (exact) mass is 380 g/mol. The number of nitrogens with one attached hydrogen (secondary N) is 2. The molecule has 4 heterocycles.